The maximum absolute atomic E-state index is 12.7. The molecule has 3 atom stereocenters. The van der Waals surface area contributed by atoms with Gasteiger partial charge in [-0.3, -0.25) is 4.90 Å². The number of benzene rings is 3. The molecule has 224 valence electrons. The second-order valence-corrected chi connectivity index (χ2v) is 11.3. The summed E-state index contributed by atoms with van der Waals surface area (Å²) in [5, 5.41) is 7.51. The quantitative estimate of drug-likeness (QED) is 0.279. The topological polar surface area (TPSA) is 55.0 Å². The zero-order valence-corrected chi connectivity index (χ0v) is 24.6. The van der Waals surface area contributed by atoms with Gasteiger partial charge in [0.2, 0.25) is 0 Å². The van der Waals surface area contributed by atoms with Gasteiger partial charge in [-0.1, -0.05) is 48.5 Å². The van der Waals surface area contributed by atoms with Crippen molar-refractivity contribution in [2.24, 2.45) is 0 Å². The van der Waals surface area contributed by atoms with Crippen LogP contribution in [-0.2, 0) is 18.5 Å². The molecule has 2 N–H and O–H groups in total. The van der Waals surface area contributed by atoms with Gasteiger partial charge in [0.15, 0.2) is 16.6 Å². The van der Waals surface area contributed by atoms with Crippen molar-refractivity contribution in [1.29, 1.82) is 0 Å². The van der Waals surface area contributed by atoms with Gasteiger partial charge in [0.25, 0.3) is 0 Å². The standard InChI is InChI=1S/C32H36F3N3O3S/c1-39-27-13-10-24(18-28(27)40-2)31-15-14-25(37-30(42)36-20-22-6-4-3-5-7-22)19-29(31)38(17-16-31)21-23-8-11-26(12-9-23)41-32(33,34)35/h3-13,18,25,29H,14-17,19-21H2,1-2H3,(H2,36,37,42)/t25-,29+,31+/m1/s1. The number of thiocarbonyl (C=S) groups is 1. The molecule has 2 aliphatic rings. The summed E-state index contributed by atoms with van der Waals surface area (Å²) in [6.07, 6.45) is -0.963. The van der Waals surface area contributed by atoms with Crippen LogP contribution in [0.4, 0.5) is 13.2 Å². The Labute approximate surface area is 250 Å². The van der Waals surface area contributed by atoms with E-state index in [4.69, 9.17) is 21.7 Å². The fraction of sp³-hybridized carbons (Fsp3) is 0.406. The van der Waals surface area contributed by atoms with Crippen molar-refractivity contribution < 1.29 is 27.4 Å². The number of likely N-dealkylation sites (tertiary alicyclic amines) is 1. The molecule has 1 saturated carbocycles. The van der Waals surface area contributed by atoms with Gasteiger partial charge >= 0.3 is 6.36 Å². The number of ether oxygens (including phenoxy) is 3. The SMILES string of the molecule is COc1ccc([C@@]23CC[C@@H](NC(=S)NCc4ccccc4)C[C@@H]2N(Cc2ccc(OC(F)(F)F)cc2)CC3)cc1OC. The third-order valence-electron chi connectivity index (χ3n) is 8.50. The number of fused-ring (bicyclic) bond motifs is 1. The normalized spacial score (nSPS) is 22.2. The summed E-state index contributed by atoms with van der Waals surface area (Å²) < 4.78 is 53.2. The molecule has 0 amide bonds. The van der Waals surface area contributed by atoms with Crippen molar-refractivity contribution in [3.05, 3.63) is 89.5 Å². The van der Waals surface area contributed by atoms with Crippen molar-refractivity contribution >= 4 is 17.3 Å². The molecule has 5 rings (SSSR count). The highest BCUT2D eigenvalue weighted by molar-refractivity contribution is 7.80. The van der Waals surface area contributed by atoms with Crippen LogP contribution in [-0.4, -0.2) is 49.2 Å². The third kappa shape index (κ3) is 6.93. The van der Waals surface area contributed by atoms with E-state index in [2.05, 4.69) is 44.5 Å². The highest BCUT2D eigenvalue weighted by Gasteiger charge is 2.51. The Morgan fingerprint density at radius 1 is 0.952 bits per heavy atom. The molecule has 0 radical (unpaired) electrons. The lowest BCUT2D eigenvalue weighted by molar-refractivity contribution is -0.274. The summed E-state index contributed by atoms with van der Waals surface area (Å²) in [6, 6.07) is 22.9. The summed E-state index contributed by atoms with van der Waals surface area (Å²) in [5.74, 6) is 1.18. The van der Waals surface area contributed by atoms with Crippen LogP contribution >= 0.6 is 12.2 Å². The Hall–Kier alpha value is -3.50. The average molecular weight is 600 g/mol. The molecule has 42 heavy (non-hydrogen) atoms. The van der Waals surface area contributed by atoms with Crippen LogP contribution in [0.5, 0.6) is 17.2 Å². The van der Waals surface area contributed by atoms with Gasteiger partial charge in [0.05, 0.1) is 14.2 Å². The number of halogens is 3. The smallest absolute Gasteiger partial charge is 0.493 e. The number of alkyl halides is 3. The zero-order chi connectivity index (χ0) is 29.7. The van der Waals surface area contributed by atoms with Crippen molar-refractivity contribution in [2.45, 2.75) is 62.6 Å². The minimum atomic E-state index is -4.71. The summed E-state index contributed by atoms with van der Waals surface area (Å²) in [5.41, 5.74) is 3.20. The van der Waals surface area contributed by atoms with Gasteiger partial charge in [0, 0.05) is 30.6 Å². The van der Waals surface area contributed by atoms with Crippen LogP contribution in [0.3, 0.4) is 0 Å². The van der Waals surface area contributed by atoms with E-state index >= 15 is 0 Å². The first-order valence-corrected chi connectivity index (χ1v) is 14.5. The van der Waals surface area contributed by atoms with E-state index in [9.17, 15) is 13.2 Å². The van der Waals surface area contributed by atoms with Crippen molar-refractivity contribution in [3.63, 3.8) is 0 Å². The summed E-state index contributed by atoms with van der Waals surface area (Å²) in [4.78, 5) is 2.45. The molecule has 6 nitrogen and oxygen atoms in total. The molecule has 0 bridgehead atoms. The van der Waals surface area contributed by atoms with Crippen molar-refractivity contribution in [2.75, 3.05) is 20.8 Å². The van der Waals surface area contributed by atoms with Gasteiger partial charge in [0.1, 0.15) is 5.75 Å². The van der Waals surface area contributed by atoms with E-state index < -0.39 is 6.36 Å². The maximum atomic E-state index is 12.7. The first-order chi connectivity index (χ1) is 20.2. The highest BCUT2D eigenvalue weighted by atomic mass is 32.1. The van der Waals surface area contributed by atoms with Crippen molar-refractivity contribution in [1.82, 2.24) is 15.5 Å². The monoisotopic (exact) mass is 599 g/mol. The Bertz CT molecular complexity index is 1360. The van der Waals surface area contributed by atoms with E-state index in [1.165, 1.54) is 17.7 Å². The summed E-state index contributed by atoms with van der Waals surface area (Å²) >= 11 is 5.66. The molecule has 10 heteroatoms. The van der Waals surface area contributed by atoms with Crippen LogP contribution in [0.2, 0.25) is 0 Å². The second-order valence-electron chi connectivity index (χ2n) is 10.9. The van der Waals surface area contributed by atoms with Crippen LogP contribution in [0.15, 0.2) is 72.8 Å². The predicted octanol–water partition coefficient (Wildman–Crippen LogP) is 6.33. The summed E-state index contributed by atoms with van der Waals surface area (Å²) in [6.45, 7) is 2.14. The number of nitrogens with zero attached hydrogens (tertiary/aromatic N) is 1. The largest absolute Gasteiger partial charge is 0.573 e. The Morgan fingerprint density at radius 3 is 2.38 bits per heavy atom. The van der Waals surface area contributed by atoms with Crippen LogP contribution in [0, 0.1) is 0 Å². The van der Waals surface area contributed by atoms with Gasteiger partial charge in [-0.25, -0.2) is 0 Å². The number of hydrogen-bond donors (Lipinski definition) is 2. The molecule has 1 aliphatic carbocycles. The van der Waals surface area contributed by atoms with E-state index in [0.717, 1.165) is 43.4 Å². The number of methoxy groups -OCH3 is 2. The minimum absolute atomic E-state index is 0.101. The molecule has 0 spiro atoms. The van der Waals surface area contributed by atoms with Gasteiger partial charge < -0.3 is 24.8 Å². The highest BCUT2D eigenvalue weighted by Crippen LogP contribution is 2.50. The number of rotatable bonds is 9. The third-order valence-corrected chi connectivity index (χ3v) is 8.76. The first kappa shape index (κ1) is 30.0. The van der Waals surface area contributed by atoms with E-state index in [1.807, 2.05) is 24.3 Å². The van der Waals surface area contributed by atoms with Crippen LogP contribution in [0.1, 0.15) is 42.4 Å². The second kappa shape index (κ2) is 12.8. The van der Waals surface area contributed by atoms with E-state index in [1.54, 1.807) is 26.4 Å². The van der Waals surface area contributed by atoms with E-state index in [0.29, 0.717) is 29.7 Å². The van der Waals surface area contributed by atoms with Gasteiger partial charge in [-0.2, -0.15) is 0 Å². The van der Waals surface area contributed by atoms with Crippen LogP contribution in [0.25, 0.3) is 0 Å². The van der Waals surface area contributed by atoms with E-state index in [-0.39, 0.29) is 23.2 Å². The predicted molar refractivity (Wildman–Crippen MR) is 160 cm³/mol. The Morgan fingerprint density at radius 2 is 1.69 bits per heavy atom. The molecule has 1 aliphatic heterocycles. The molecular weight excluding hydrogens is 563 g/mol. The first-order valence-electron chi connectivity index (χ1n) is 14.1. The minimum Gasteiger partial charge on any atom is -0.493 e. The zero-order valence-electron chi connectivity index (χ0n) is 23.7. The van der Waals surface area contributed by atoms with Crippen LogP contribution < -0.4 is 24.8 Å². The van der Waals surface area contributed by atoms with Gasteiger partial charge in [-0.05, 0) is 85.4 Å². The molecule has 3 aromatic carbocycles. The van der Waals surface area contributed by atoms with Gasteiger partial charge in [-0.15, -0.1) is 13.2 Å². The summed E-state index contributed by atoms with van der Waals surface area (Å²) in [7, 11) is 3.28. The lowest BCUT2D eigenvalue weighted by atomic mass is 9.65. The lowest BCUT2D eigenvalue weighted by Crippen LogP contribution is -2.53. The average Bonchev–Trinajstić information content (AvgIpc) is 3.35. The fourth-order valence-electron chi connectivity index (χ4n) is 6.49. The van der Waals surface area contributed by atoms with Crippen molar-refractivity contribution in [3.8, 4) is 17.2 Å². The maximum Gasteiger partial charge on any atom is 0.573 e. The molecule has 0 unspecified atom stereocenters. The molecular formula is C32H36F3N3O3S. The Balaban J connectivity index is 1.34. The number of nitrogens with one attached hydrogen (secondary N) is 2. The Kier molecular flexibility index (Phi) is 9.13. The molecule has 0 aromatic heterocycles. The molecule has 2 fully saturated rings. The molecule has 1 saturated heterocycles. The fourth-order valence-corrected chi connectivity index (χ4v) is 6.73. The number of hydrogen-bond acceptors (Lipinski definition) is 5. The molecule has 1 heterocycles. The lowest BCUT2D eigenvalue weighted by Gasteiger charge is -2.46. The molecule has 3 aromatic rings.